The zero-order valence-electron chi connectivity index (χ0n) is 14.9. The van der Waals surface area contributed by atoms with Gasteiger partial charge in [-0.25, -0.2) is 5.43 Å². The fraction of sp³-hybridized carbons (Fsp3) is 0.381. The second kappa shape index (κ2) is 11.1. The van der Waals surface area contributed by atoms with Crippen molar-refractivity contribution in [2.24, 2.45) is 5.10 Å². The number of nitrogens with one attached hydrogen (secondary N) is 1. The molecule has 4 heteroatoms. The molecule has 0 spiro atoms. The van der Waals surface area contributed by atoms with Crippen LogP contribution in [0.3, 0.4) is 0 Å². The van der Waals surface area contributed by atoms with Crippen molar-refractivity contribution >= 4 is 11.6 Å². The van der Waals surface area contributed by atoms with E-state index in [0.29, 0.717) is 6.42 Å². The van der Waals surface area contributed by atoms with Gasteiger partial charge in [0.1, 0.15) is 0 Å². The van der Waals surface area contributed by atoms with E-state index in [4.69, 9.17) is 0 Å². The molecular weight excluding hydrogens is 310 g/mol. The normalized spacial score (nSPS) is 11.3. The number of hydrazone groups is 1. The van der Waals surface area contributed by atoms with E-state index in [1.807, 2.05) is 42.5 Å². The topological polar surface area (TPSA) is 54.4 Å². The van der Waals surface area contributed by atoms with Crippen molar-refractivity contribution in [3.05, 3.63) is 66.0 Å². The maximum absolute atomic E-state index is 12.1. The van der Waals surface area contributed by atoms with Gasteiger partial charge in [-0.15, -0.1) is 0 Å². The van der Waals surface area contributed by atoms with Crippen molar-refractivity contribution in [1.29, 1.82) is 0 Å². The smallest absolute Gasteiger partial charge is 0.240 e. The standard InChI is InChI=1S/C21H27N3O/c1-2-3-4-5-6-10-15-20(25)23-24-21(18-12-8-7-9-13-18)19-14-11-16-22-17-19/h7-9,11-14,16-17H,2-6,10,15H2,1H3,(H,23,25)/b24-21+. The van der Waals surface area contributed by atoms with Gasteiger partial charge < -0.3 is 0 Å². The van der Waals surface area contributed by atoms with Crippen LogP contribution in [-0.2, 0) is 4.79 Å². The molecule has 0 aliphatic heterocycles. The van der Waals surface area contributed by atoms with E-state index in [9.17, 15) is 4.79 Å². The molecule has 1 aromatic heterocycles. The fourth-order valence-electron chi connectivity index (χ4n) is 2.63. The average molecular weight is 337 g/mol. The van der Waals surface area contributed by atoms with Gasteiger partial charge in [-0.3, -0.25) is 9.78 Å². The molecule has 0 unspecified atom stereocenters. The number of rotatable bonds is 10. The van der Waals surface area contributed by atoms with Gasteiger partial charge in [0.25, 0.3) is 0 Å². The highest BCUT2D eigenvalue weighted by Crippen LogP contribution is 2.10. The Hall–Kier alpha value is -2.49. The van der Waals surface area contributed by atoms with E-state index in [-0.39, 0.29) is 5.91 Å². The summed E-state index contributed by atoms with van der Waals surface area (Å²) in [7, 11) is 0. The van der Waals surface area contributed by atoms with Crippen LogP contribution >= 0.6 is 0 Å². The molecule has 0 atom stereocenters. The number of carbonyl (C=O) groups is 1. The lowest BCUT2D eigenvalue weighted by Gasteiger charge is -2.07. The first kappa shape index (κ1) is 18.8. The van der Waals surface area contributed by atoms with Crippen molar-refractivity contribution in [2.45, 2.75) is 51.9 Å². The zero-order chi connectivity index (χ0) is 17.7. The van der Waals surface area contributed by atoms with Gasteiger partial charge in [0.15, 0.2) is 0 Å². The predicted octanol–water partition coefficient (Wildman–Crippen LogP) is 4.70. The Kier molecular flexibility index (Phi) is 8.39. The molecule has 0 aliphatic rings. The molecule has 1 amide bonds. The molecule has 0 radical (unpaired) electrons. The van der Waals surface area contributed by atoms with Gasteiger partial charge in [-0.1, -0.05) is 69.4 Å². The number of carbonyl (C=O) groups excluding carboxylic acids is 1. The molecule has 4 nitrogen and oxygen atoms in total. The molecule has 1 aromatic carbocycles. The van der Waals surface area contributed by atoms with E-state index >= 15 is 0 Å². The Bertz CT molecular complexity index is 612. The van der Waals surface area contributed by atoms with Crippen LogP contribution in [0.2, 0.25) is 0 Å². The summed E-state index contributed by atoms with van der Waals surface area (Å²) < 4.78 is 0. The average Bonchev–Trinajstić information content (AvgIpc) is 2.66. The Morgan fingerprint density at radius 1 is 0.960 bits per heavy atom. The van der Waals surface area contributed by atoms with E-state index in [1.54, 1.807) is 12.4 Å². The molecule has 0 aliphatic carbocycles. The molecule has 2 aromatic rings. The Morgan fingerprint density at radius 2 is 1.68 bits per heavy atom. The van der Waals surface area contributed by atoms with Crippen molar-refractivity contribution < 1.29 is 4.79 Å². The first-order chi connectivity index (χ1) is 12.3. The van der Waals surface area contributed by atoms with Crippen LogP contribution in [0.1, 0.15) is 63.0 Å². The Labute approximate surface area is 150 Å². The Morgan fingerprint density at radius 3 is 2.40 bits per heavy atom. The van der Waals surface area contributed by atoms with Crippen LogP contribution in [0.5, 0.6) is 0 Å². The second-order valence-electron chi connectivity index (χ2n) is 6.12. The summed E-state index contributed by atoms with van der Waals surface area (Å²) in [4.78, 5) is 16.2. The first-order valence-corrected chi connectivity index (χ1v) is 9.13. The van der Waals surface area contributed by atoms with E-state index in [1.165, 1.54) is 25.7 Å². The maximum atomic E-state index is 12.1. The van der Waals surface area contributed by atoms with Gasteiger partial charge in [0.05, 0.1) is 5.71 Å². The molecule has 0 bridgehead atoms. The molecule has 2 rings (SSSR count). The molecule has 0 saturated carbocycles. The Balaban J connectivity index is 1.93. The first-order valence-electron chi connectivity index (χ1n) is 9.13. The molecule has 132 valence electrons. The zero-order valence-corrected chi connectivity index (χ0v) is 14.9. The third kappa shape index (κ3) is 6.87. The summed E-state index contributed by atoms with van der Waals surface area (Å²) in [6.07, 6.45) is 11.0. The second-order valence-corrected chi connectivity index (χ2v) is 6.12. The van der Waals surface area contributed by atoms with Crippen molar-refractivity contribution in [2.75, 3.05) is 0 Å². The number of aromatic nitrogens is 1. The number of hydrogen-bond acceptors (Lipinski definition) is 3. The number of amides is 1. The number of pyridine rings is 1. The number of nitrogens with zero attached hydrogens (tertiary/aromatic N) is 2. The quantitative estimate of drug-likeness (QED) is 0.388. The highest BCUT2D eigenvalue weighted by atomic mass is 16.2. The third-order valence-electron chi connectivity index (χ3n) is 4.03. The molecule has 25 heavy (non-hydrogen) atoms. The fourth-order valence-corrected chi connectivity index (χ4v) is 2.63. The van der Waals surface area contributed by atoms with Crippen LogP contribution in [0.25, 0.3) is 0 Å². The largest absolute Gasteiger partial charge is 0.273 e. The summed E-state index contributed by atoms with van der Waals surface area (Å²) in [5, 5.41) is 4.37. The summed E-state index contributed by atoms with van der Waals surface area (Å²) in [5.74, 6) is -0.0344. The van der Waals surface area contributed by atoms with Crippen LogP contribution in [0.4, 0.5) is 0 Å². The lowest BCUT2D eigenvalue weighted by molar-refractivity contribution is -0.121. The van der Waals surface area contributed by atoms with Gasteiger partial charge in [-0.05, 0) is 18.6 Å². The van der Waals surface area contributed by atoms with Crippen LogP contribution in [0.15, 0.2) is 60.0 Å². The minimum absolute atomic E-state index is 0.0344. The van der Waals surface area contributed by atoms with E-state index in [2.05, 4.69) is 22.4 Å². The summed E-state index contributed by atoms with van der Waals surface area (Å²) in [5.41, 5.74) is 5.27. The highest BCUT2D eigenvalue weighted by Gasteiger charge is 2.08. The van der Waals surface area contributed by atoms with Gasteiger partial charge in [0.2, 0.25) is 5.91 Å². The van der Waals surface area contributed by atoms with E-state index < -0.39 is 0 Å². The van der Waals surface area contributed by atoms with Crippen molar-refractivity contribution in [1.82, 2.24) is 10.4 Å². The molecule has 1 heterocycles. The van der Waals surface area contributed by atoms with Crippen LogP contribution in [-0.4, -0.2) is 16.6 Å². The van der Waals surface area contributed by atoms with Gasteiger partial charge in [0, 0.05) is 29.9 Å². The van der Waals surface area contributed by atoms with Crippen molar-refractivity contribution in [3.8, 4) is 0 Å². The van der Waals surface area contributed by atoms with Crippen LogP contribution < -0.4 is 5.43 Å². The lowest BCUT2D eigenvalue weighted by Crippen LogP contribution is -2.20. The van der Waals surface area contributed by atoms with Gasteiger partial charge >= 0.3 is 0 Å². The predicted molar refractivity (Wildman–Crippen MR) is 102 cm³/mol. The lowest BCUT2D eigenvalue weighted by atomic mass is 10.0. The summed E-state index contributed by atoms with van der Waals surface area (Å²) in [6, 6.07) is 13.6. The molecule has 1 N–H and O–H groups in total. The van der Waals surface area contributed by atoms with Gasteiger partial charge in [-0.2, -0.15) is 5.10 Å². The molecule has 0 saturated heterocycles. The minimum Gasteiger partial charge on any atom is -0.273 e. The van der Waals surface area contributed by atoms with Crippen molar-refractivity contribution in [3.63, 3.8) is 0 Å². The number of benzene rings is 1. The monoisotopic (exact) mass is 337 g/mol. The maximum Gasteiger partial charge on any atom is 0.240 e. The summed E-state index contributed by atoms with van der Waals surface area (Å²) >= 11 is 0. The van der Waals surface area contributed by atoms with E-state index in [0.717, 1.165) is 29.7 Å². The highest BCUT2D eigenvalue weighted by molar-refractivity contribution is 6.12. The SMILES string of the molecule is CCCCCCCCC(=O)N/N=C(\c1ccccc1)c1cccnc1. The third-order valence-corrected chi connectivity index (χ3v) is 4.03. The summed E-state index contributed by atoms with van der Waals surface area (Å²) in [6.45, 7) is 2.21. The molecule has 0 fully saturated rings. The number of hydrogen-bond donors (Lipinski definition) is 1. The molecular formula is C21H27N3O. The van der Waals surface area contributed by atoms with Crippen LogP contribution in [0, 0.1) is 0 Å². The number of unbranched alkanes of at least 4 members (excludes halogenated alkanes) is 5. The minimum atomic E-state index is -0.0344.